The number of nitrogen functional groups attached to an aromatic ring is 1. The van der Waals surface area contributed by atoms with E-state index in [1.165, 1.54) is 6.07 Å². The molecule has 0 unspecified atom stereocenters. The van der Waals surface area contributed by atoms with Crippen molar-refractivity contribution in [1.29, 1.82) is 0 Å². The van der Waals surface area contributed by atoms with Gasteiger partial charge in [0.25, 0.3) is 5.91 Å². The Labute approximate surface area is 136 Å². The third kappa shape index (κ3) is 3.37. The Hall–Kier alpha value is -3.29. The predicted molar refractivity (Wildman–Crippen MR) is 82.3 cm³/mol. The molecule has 8 heteroatoms. The molecule has 0 spiro atoms. The van der Waals surface area contributed by atoms with Crippen molar-refractivity contribution in [2.75, 3.05) is 24.5 Å². The van der Waals surface area contributed by atoms with Gasteiger partial charge in [-0.1, -0.05) is 0 Å². The summed E-state index contributed by atoms with van der Waals surface area (Å²) in [6.45, 7) is -0.381. The molecule has 0 saturated carbocycles. The van der Waals surface area contributed by atoms with Crippen LogP contribution in [-0.2, 0) is 9.53 Å². The van der Waals surface area contributed by atoms with E-state index in [9.17, 15) is 14.0 Å². The summed E-state index contributed by atoms with van der Waals surface area (Å²) < 4.78 is 28.2. The molecule has 0 aromatic heterocycles. The molecule has 0 fully saturated rings. The van der Waals surface area contributed by atoms with E-state index >= 15 is 0 Å². The Morgan fingerprint density at radius 2 is 1.96 bits per heavy atom. The highest BCUT2D eigenvalue weighted by atomic mass is 19.1. The van der Waals surface area contributed by atoms with Crippen LogP contribution >= 0.6 is 0 Å². The molecule has 1 aliphatic heterocycles. The Morgan fingerprint density at radius 3 is 2.75 bits per heavy atom. The van der Waals surface area contributed by atoms with Gasteiger partial charge in [-0.05, 0) is 30.3 Å². The van der Waals surface area contributed by atoms with E-state index in [-0.39, 0.29) is 18.0 Å². The van der Waals surface area contributed by atoms with E-state index in [4.69, 9.17) is 19.9 Å². The van der Waals surface area contributed by atoms with Crippen molar-refractivity contribution in [3.63, 3.8) is 0 Å². The maximum atomic E-state index is 12.9. The summed E-state index contributed by atoms with van der Waals surface area (Å²) in [4.78, 5) is 23.7. The molecule has 0 atom stereocenters. The minimum Gasteiger partial charge on any atom is -0.454 e. The average molecular weight is 332 g/mol. The number of hydrogen-bond acceptors (Lipinski definition) is 6. The Morgan fingerprint density at radius 1 is 1.17 bits per heavy atom. The first kappa shape index (κ1) is 15.6. The van der Waals surface area contributed by atoms with Crippen LogP contribution in [0.2, 0.25) is 0 Å². The van der Waals surface area contributed by atoms with E-state index in [0.717, 1.165) is 12.1 Å². The fourth-order valence-corrected chi connectivity index (χ4v) is 2.10. The smallest absolute Gasteiger partial charge is 0.340 e. The third-order valence-electron chi connectivity index (χ3n) is 3.22. The lowest BCUT2D eigenvalue weighted by Gasteiger charge is -2.08. The van der Waals surface area contributed by atoms with Crippen LogP contribution in [-0.4, -0.2) is 25.3 Å². The Bertz CT molecular complexity index is 809. The Kier molecular flexibility index (Phi) is 4.19. The molecule has 0 radical (unpaired) electrons. The van der Waals surface area contributed by atoms with Crippen molar-refractivity contribution in [1.82, 2.24) is 0 Å². The molecule has 2 aromatic carbocycles. The number of esters is 1. The first-order chi connectivity index (χ1) is 11.5. The van der Waals surface area contributed by atoms with Gasteiger partial charge in [0, 0.05) is 17.4 Å². The van der Waals surface area contributed by atoms with Crippen LogP contribution in [0.5, 0.6) is 11.5 Å². The van der Waals surface area contributed by atoms with Crippen LogP contribution in [0.3, 0.4) is 0 Å². The molecule has 0 saturated heterocycles. The molecule has 3 rings (SSSR count). The van der Waals surface area contributed by atoms with Crippen LogP contribution < -0.4 is 20.5 Å². The standard InChI is InChI=1S/C16H13FN2O5/c17-9-1-3-11(12(18)5-9)16(21)22-7-15(20)19-10-2-4-13-14(6-10)24-8-23-13/h1-6H,7-8,18H2,(H,19,20). The molecular formula is C16H13FN2O5. The van der Waals surface area contributed by atoms with Crippen LogP contribution in [0.25, 0.3) is 0 Å². The Balaban J connectivity index is 1.56. The van der Waals surface area contributed by atoms with Crippen LogP contribution in [0.4, 0.5) is 15.8 Å². The van der Waals surface area contributed by atoms with E-state index in [2.05, 4.69) is 5.32 Å². The number of hydrogen-bond donors (Lipinski definition) is 2. The summed E-state index contributed by atoms with van der Waals surface area (Å²) in [6, 6.07) is 8.17. The van der Waals surface area contributed by atoms with Crippen LogP contribution in [0, 0.1) is 5.82 Å². The van der Waals surface area contributed by atoms with Gasteiger partial charge in [-0.25, -0.2) is 9.18 Å². The fraction of sp³-hybridized carbons (Fsp3) is 0.125. The summed E-state index contributed by atoms with van der Waals surface area (Å²) in [5.41, 5.74) is 5.94. The first-order valence-corrected chi connectivity index (χ1v) is 6.94. The number of nitrogens with two attached hydrogens (primary N) is 1. The van der Waals surface area contributed by atoms with Gasteiger partial charge >= 0.3 is 5.97 Å². The molecule has 0 aliphatic carbocycles. The summed E-state index contributed by atoms with van der Waals surface area (Å²) in [6.07, 6.45) is 0. The van der Waals surface area contributed by atoms with E-state index in [1.54, 1.807) is 18.2 Å². The van der Waals surface area contributed by atoms with Gasteiger partial charge in [-0.3, -0.25) is 4.79 Å². The number of carbonyl (C=O) groups excluding carboxylic acids is 2. The zero-order valence-corrected chi connectivity index (χ0v) is 12.4. The zero-order chi connectivity index (χ0) is 17.1. The summed E-state index contributed by atoms with van der Waals surface area (Å²) >= 11 is 0. The molecule has 1 heterocycles. The highest BCUT2D eigenvalue weighted by Gasteiger charge is 2.16. The summed E-state index contributed by atoms with van der Waals surface area (Å²) in [5.74, 6) is -0.809. The van der Waals surface area contributed by atoms with Crippen molar-refractivity contribution in [3.8, 4) is 11.5 Å². The predicted octanol–water partition coefficient (Wildman–Crippen LogP) is 1.93. The maximum Gasteiger partial charge on any atom is 0.340 e. The normalized spacial score (nSPS) is 11.9. The minimum absolute atomic E-state index is 0.00715. The lowest BCUT2D eigenvalue weighted by molar-refractivity contribution is -0.119. The number of amides is 1. The average Bonchev–Trinajstić information content (AvgIpc) is 3.00. The van der Waals surface area contributed by atoms with Crippen molar-refractivity contribution in [3.05, 3.63) is 47.8 Å². The van der Waals surface area contributed by atoms with Gasteiger partial charge in [0.15, 0.2) is 18.1 Å². The minimum atomic E-state index is -0.812. The second kappa shape index (κ2) is 6.45. The number of ether oxygens (including phenoxy) is 3. The monoisotopic (exact) mass is 332 g/mol. The largest absolute Gasteiger partial charge is 0.454 e. The van der Waals surface area contributed by atoms with Gasteiger partial charge in [0.1, 0.15) is 5.82 Å². The third-order valence-corrected chi connectivity index (χ3v) is 3.22. The van der Waals surface area contributed by atoms with Crippen molar-refractivity contribution in [2.45, 2.75) is 0 Å². The fourth-order valence-electron chi connectivity index (χ4n) is 2.10. The van der Waals surface area contributed by atoms with Crippen molar-refractivity contribution < 1.29 is 28.2 Å². The van der Waals surface area contributed by atoms with Gasteiger partial charge < -0.3 is 25.3 Å². The molecule has 7 nitrogen and oxygen atoms in total. The molecule has 1 aliphatic rings. The van der Waals surface area contributed by atoms with Crippen LogP contribution in [0.15, 0.2) is 36.4 Å². The van der Waals surface area contributed by atoms with Gasteiger partial charge in [-0.15, -0.1) is 0 Å². The summed E-state index contributed by atoms with van der Waals surface area (Å²) in [7, 11) is 0. The first-order valence-electron chi connectivity index (χ1n) is 6.94. The molecule has 0 bridgehead atoms. The number of benzene rings is 2. The van der Waals surface area contributed by atoms with Crippen molar-refractivity contribution >= 4 is 23.3 Å². The lowest BCUT2D eigenvalue weighted by atomic mass is 10.2. The van der Waals surface area contributed by atoms with Crippen molar-refractivity contribution in [2.24, 2.45) is 0 Å². The second-order valence-corrected chi connectivity index (χ2v) is 4.92. The molecule has 3 N–H and O–H groups in total. The topological polar surface area (TPSA) is 99.9 Å². The molecule has 2 aromatic rings. The number of carbonyl (C=O) groups is 2. The van der Waals surface area contributed by atoms with E-state index in [1.807, 2.05) is 0 Å². The molecule has 1 amide bonds. The summed E-state index contributed by atoms with van der Waals surface area (Å²) in [5, 5.41) is 2.56. The second-order valence-electron chi connectivity index (χ2n) is 4.92. The van der Waals surface area contributed by atoms with Crippen LogP contribution in [0.1, 0.15) is 10.4 Å². The van der Waals surface area contributed by atoms with E-state index in [0.29, 0.717) is 17.2 Å². The zero-order valence-electron chi connectivity index (χ0n) is 12.4. The number of fused-ring (bicyclic) bond motifs is 1. The van der Waals surface area contributed by atoms with E-state index < -0.39 is 24.3 Å². The van der Waals surface area contributed by atoms with Gasteiger partial charge in [-0.2, -0.15) is 0 Å². The molecular weight excluding hydrogens is 319 g/mol. The molecule has 124 valence electrons. The van der Waals surface area contributed by atoms with Gasteiger partial charge in [0.05, 0.1) is 5.56 Å². The number of halogens is 1. The lowest BCUT2D eigenvalue weighted by Crippen LogP contribution is -2.21. The number of anilines is 2. The SMILES string of the molecule is Nc1cc(F)ccc1C(=O)OCC(=O)Nc1ccc2c(c1)OCO2. The van der Waals surface area contributed by atoms with Gasteiger partial charge in [0.2, 0.25) is 6.79 Å². The highest BCUT2D eigenvalue weighted by molar-refractivity contribution is 5.98. The highest BCUT2D eigenvalue weighted by Crippen LogP contribution is 2.34. The number of nitrogens with one attached hydrogen (secondary N) is 1. The maximum absolute atomic E-state index is 12.9. The quantitative estimate of drug-likeness (QED) is 0.655. The molecule has 24 heavy (non-hydrogen) atoms. The number of rotatable bonds is 4.